The maximum Gasteiger partial charge on any atom is 0.0360 e. The van der Waals surface area contributed by atoms with E-state index in [2.05, 4.69) is 49.4 Å². The third-order valence-electron chi connectivity index (χ3n) is 2.75. The van der Waals surface area contributed by atoms with Crippen molar-refractivity contribution in [3.05, 3.63) is 52.9 Å². The molecular weight excluding hydrogens is 200 g/mol. The molecule has 1 aromatic carbocycles. The smallest absolute Gasteiger partial charge is 0.0360 e. The molecule has 1 aromatic heterocycles. The normalized spacial score (nSPS) is 15.5. The monoisotopic (exact) mass is 211 g/mol. The fourth-order valence-corrected chi connectivity index (χ4v) is 3.08. The largest absolute Gasteiger partial charge is 0.135 e. The van der Waals surface area contributed by atoms with Gasteiger partial charge in [-0.15, -0.1) is 11.3 Å². The summed E-state index contributed by atoms with van der Waals surface area (Å²) in [5.74, 6) is 0. The van der Waals surface area contributed by atoms with Crippen molar-refractivity contribution in [1.29, 1.82) is 0 Å². The molecule has 2 aromatic rings. The molecule has 15 heavy (non-hydrogen) atoms. The Morgan fingerprint density at radius 2 is 2.13 bits per heavy atom. The molecule has 0 saturated heterocycles. The molecule has 0 fully saturated rings. The molecule has 1 aliphatic rings. The van der Waals surface area contributed by atoms with E-state index in [0.717, 1.165) is 6.42 Å². The van der Waals surface area contributed by atoms with Gasteiger partial charge in [0, 0.05) is 9.58 Å². The summed E-state index contributed by atoms with van der Waals surface area (Å²) in [6.07, 6.45) is 6.62. The van der Waals surface area contributed by atoms with Crippen molar-refractivity contribution < 1.29 is 0 Å². The van der Waals surface area contributed by atoms with Gasteiger partial charge in [0.2, 0.25) is 0 Å². The molecule has 1 radical (unpaired) electrons. The van der Waals surface area contributed by atoms with Crippen LogP contribution in [-0.2, 0) is 0 Å². The molecule has 1 heterocycles. The van der Waals surface area contributed by atoms with Crippen molar-refractivity contribution in [2.24, 2.45) is 0 Å². The van der Waals surface area contributed by atoms with Crippen LogP contribution in [0.4, 0.5) is 0 Å². The number of hydrogen-bond donors (Lipinski definition) is 0. The van der Waals surface area contributed by atoms with Crippen molar-refractivity contribution in [2.75, 3.05) is 0 Å². The molecule has 73 valence electrons. The molecule has 3 rings (SSSR count). The highest BCUT2D eigenvalue weighted by Gasteiger charge is 2.11. The SMILES string of the molecule is CC1=CC[C]=C1c1cc2ccccc2s1. The third kappa shape index (κ3) is 1.44. The summed E-state index contributed by atoms with van der Waals surface area (Å²) in [5.41, 5.74) is 2.66. The van der Waals surface area contributed by atoms with Gasteiger partial charge in [0.05, 0.1) is 0 Å². The predicted molar refractivity (Wildman–Crippen MR) is 66.8 cm³/mol. The molecule has 0 bridgehead atoms. The first-order valence-corrected chi connectivity index (χ1v) is 5.93. The van der Waals surface area contributed by atoms with Gasteiger partial charge < -0.3 is 0 Å². The van der Waals surface area contributed by atoms with E-state index < -0.39 is 0 Å². The fourth-order valence-electron chi connectivity index (χ4n) is 1.93. The Bertz CT molecular complexity index is 537. The van der Waals surface area contributed by atoms with E-state index in [9.17, 15) is 0 Å². The molecule has 0 spiro atoms. The standard InChI is InChI=1S/C14H11S/c1-10-5-4-7-12(10)14-9-11-6-2-3-8-13(11)15-14/h2-3,5-6,8-9H,4H2,1H3. The second kappa shape index (κ2) is 3.35. The molecule has 1 heteroatoms. The zero-order chi connectivity index (χ0) is 10.3. The van der Waals surface area contributed by atoms with Gasteiger partial charge in [-0.05, 0) is 48.1 Å². The summed E-state index contributed by atoms with van der Waals surface area (Å²) in [6, 6.07) is 10.8. The molecule has 0 aliphatic heterocycles. The number of benzene rings is 1. The van der Waals surface area contributed by atoms with Gasteiger partial charge in [-0.25, -0.2) is 0 Å². The van der Waals surface area contributed by atoms with Crippen LogP contribution in [0.2, 0.25) is 0 Å². The maximum atomic E-state index is 3.42. The lowest BCUT2D eigenvalue weighted by Crippen LogP contribution is -1.76. The van der Waals surface area contributed by atoms with Crippen molar-refractivity contribution >= 4 is 27.0 Å². The minimum atomic E-state index is 0.968. The van der Waals surface area contributed by atoms with Crippen LogP contribution in [0.1, 0.15) is 18.2 Å². The summed E-state index contributed by atoms with van der Waals surface area (Å²) in [4.78, 5) is 1.35. The minimum absolute atomic E-state index is 0.968. The highest BCUT2D eigenvalue weighted by Crippen LogP contribution is 2.35. The fraction of sp³-hybridized carbons (Fsp3) is 0.143. The zero-order valence-electron chi connectivity index (χ0n) is 8.58. The molecule has 0 N–H and O–H groups in total. The first kappa shape index (κ1) is 8.93. The Kier molecular flexibility index (Phi) is 2.00. The molecule has 0 saturated carbocycles. The van der Waals surface area contributed by atoms with Crippen LogP contribution in [0.15, 0.2) is 42.0 Å². The van der Waals surface area contributed by atoms with Crippen LogP contribution in [-0.4, -0.2) is 0 Å². The zero-order valence-corrected chi connectivity index (χ0v) is 9.40. The Morgan fingerprint density at radius 1 is 1.27 bits per heavy atom. The van der Waals surface area contributed by atoms with Gasteiger partial charge in [-0.1, -0.05) is 24.3 Å². The average Bonchev–Trinajstić information content (AvgIpc) is 2.82. The van der Waals surface area contributed by atoms with E-state index in [4.69, 9.17) is 0 Å². The topological polar surface area (TPSA) is 0 Å². The van der Waals surface area contributed by atoms with Crippen LogP contribution in [0, 0.1) is 6.08 Å². The summed E-state index contributed by atoms with van der Waals surface area (Å²) in [5, 5.41) is 1.34. The van der Waals surface area contributed by atoms with E-state index in [1.165, 1.54) is 26.1 Å². The second-order valence-electron chi connectivity index (χ2n) is 3.79. The molecular formula is C14H11S. The second-order valence-corrected chi connectivity index (χ2v) is 4.88. The lowest BCUT2D eigenvalue weighted by molar-refractivity contribution is 1.38. The van der Waals surface area contributed by atoms with Crippen molar-refractivity contribution in [3.8, 4) is 0 Å². The summed E-state index contributed by atoms with van der Waals surface area (Å²) < 4.78 is 1.36. The number of thiophene rings is 1. The maximum absolute atomic E-state index is 3.42. The number of allylic oxidation sites excluding steroid dienone is 4. The molecule has 0 amide bonds. The van der Waals surface area contributed by atoms with Gasteiger partial charge >= 0.3 is 0 Å². The average molecular weight is 211 g/mol. The predicted octanol–water partition coefficient (Wildman–Crippen LogP) is 4.44. The lowest BCUT2D eigenvalue weighted by Gasteiger charge is -1.97. The number of hydrogen-bond acceptors (Lipinski definition) is 1. The third-order valence-corrected chi connectivity index (χ3v) is 3.89. The summed E-state index contributed by atoms with van der Waals surface area (Å²) >= 11 is 1.86. The van der Waals surface area contributed by atoms with E-state index in [0.29, 0.717) is 0 Å². The van der Waals surface area contributed by atoms with E-state index in [-0.39, 0.29) is 0 Å². The van der Waals surface area contributed by atoms with Gasteiger partial charge in [-0.2, -0.15) is 0 Å². The van der Waals surface area contributed by atoms with E-state index >= 15 is 0 Å². The van der Waals surface area contributed by atoms with E-state index in [1.807, 2.05) is 11.3 Å². The first-order valence-electron chi connectivity index (χ1n) is 5.11. The van der Waals surface area contributed by atoms with E-state index in [1.54, 1.807) is 0 Å². The molecule has 0 nitrogen and oxygen atoms in total. The Hall–Kier alpha value is -1.34. The van der Waals surface area contributed by atoms with Crippen molar-refractivity contribution in [1.82, 2.24) is 0 Å². The van der Waals surface area contributed by atoms with Gasteiger partial charge in [0.25, 0.3) is 0 Å². The number of rotatable bonds is 1. The first-order chi connectivity index (χ1) is 7.34. The van der Waals surface area contributed by atoms with Crippen LogP contribution in [0.25, 0.3) is 15.7 Å². The summed E-state index contributed by atoms with van der Waals surface area (Å²) in [6.45, 7) is 2.17. The molecule has 0 unspecified atom stereocenters. The van der Waals surface area contributed by atoms with Crippen molar-refractivity contribution in [2.45, 2.75) is 13.3 Å². The summed E-state index contributed by atoms with van der Waals surface area (Å²) in [7, 11) is 0. The minimum Gasteiger partial charge on any atom is -0.135 e. The van der Waals surface area contributed by atoms with Crippen LogP contribution in [0.3, 0.4) is 0 Å². The molecule has 1 aliphatic carbocycles. The van der Waals surface area contributed by atoms with Gasteiger partial charge in [-0.3, -0.25) is 0 Å². The van der Waals surface area contributed by atoms with Crippen molar-refractivity contribution in [3.63, 3.8) is 0 Å². The van der Waals surface area contributed by atoms with Crippen LogP contribution in [0.5, 0.6) is 0 Å². The highest BCUT2D eigenvalue weighted by molar-refractivity contribution is 7.20. The number of fused-ring (bicyclic) bond motifs is 1. The lowest BCUT2D eigenvalue weighted by atomic mass is 10.1. The van der Waals surface area contributed by atoms with Crippen LogP contribution < -0.4 is 0 Å². The van der Waals surface area contributed by atoms with Crippen LogP contribution >= 0.6 is 11.3 Å². The van der Waals surface area contributed by atoms with Gasteiger partial charge in [0.15, 0.2) is 0 Å². The van der Waals surface area contributed by atoms with Gasteiger partial charge in [0.1, 0.15) is 0 Å². The highest BCUT2D eigenvalue weighted by atomic mass is 32.1. The quantitative estimate of drug-likeness (QED) is 0.654. The Labute approximate surface area is 93.6 Å². The Morgan fingerprint density at radius 3 is 2.87 bits per heavy atom. The molecule has 0 atom stereocenters. The Balaban J connectivity index is 2.17.